The molecule has 0 bridgehead atoms. The summed E-state index contributed by atoms with van der Waals surface area (Å²) in [4.78, 5) is 45.7. The zero-order chi connectivity index (χ0) is 39.9. The summed E-state index contributed by atoms with van der Waals surface area (Å²) in [5.74, 6) is 1.24. The Morgan fingerprint density at radius 2 is 1.63 bits per heavy atom. The number of fused-ring (bicyclic) bond motifs is 6. The minimum absolute atomic E-state index is 0.0398. The number of aromatic nitrogens is 2. The summed E-state index contributed by atoms with van der Waals surface area (Å²) in [5.41, 5.74) is 7.31. The van der Waals surface area contributed by atoms with Gasteiger partial charge in [-0.1, -0.05) is 45.9 Å². The molecule has 1 aliphatic heterocycles. The predicted octanol–water partition coefficient (Wildman–Crippen LogP) is 8.24. The standard InChI is InChI=1S/C47H51N3O6S/c1-44(2)25-46(17-18-46)41(51)39-37(44)33-20-27(9-14-35(33)49-39)6-11-30-22-47(30)26-45(3,4)38-34-21-29(43(53)48-31-16-19-57(54,55)24-31)10-15-36(34)50(40(38)42(47)52)23-28-7-12-32(56-5)13-8-28/h7-10,12-15,20-21,30-31,49H,6,11,16-19,22-26H2,1-5H3,(H,48,53). The molecule has 5 aliphatic rings. The summed E-state index contributed by atoms with van der Waals surface area (Å²) in [7, 11) is -1.50. The molecule has 3 fully saturated rings. The van der Waals surface area contributed by atoms with Crippen LogP contribution < -0.4 is 10.1 Å². The van der Waals surface area contributed by atoms with E-state index in [-0.39, 0.29) is 51.1 Å². The second-order valence-corrected chi connectivity index (χ2v) is 21.6. The number of Topliss-reactive ketones (excluding diaryl/α,β-unsaturated/α-hetero) is 2. The number of hydrogen-bond donors (Lipinski definition) is 2. The monoisotopic (exact) mass is 785 g/mol. The molecule has 5 aromatic rings. The second kappa shape index (κ2) is 12.2. The number of amides is 1. The first-order valence-corrected chi connectivity index (χ1v) is 22.4. The smallest absolute Gasteiger partial charge is 0.251 e. The van der Waals surface area contributed by atoms with Crippen LogP contribution in [0.2, 0.25) is 0 Å². The van der Waals surface area contributed by atoms with E-state index in [0.717, 1.165) is 95.0 Å². The Hall–Kier alpha value is -4.70. The van der Waals surface area contributed by atoms with Crippen LogP contribution in [0.1, 0.15) is 126 Å². The van der Waals surface area contributed by atoms with Crippen LogP contribution in [0.5, 0.6) is 5.75 Å². The maximum atomic E-state index is 15.1. The number of sulfone groups is 1. The van der Waals surface area contributed by atoms with Gasteiger partial charge in [0.2, 0.25) is 0 Å². The highest BCUT2D eigenvalue weighted by atomic mass is 32.2. The first kappa shape index (κ1) is 36.6. The van der Waals surface area contributed by atoms with Crippen molar-refractivity contribution in [3.63, 3.8) is 0 Å². The van der Waals surface area contributed by atoms with E-state index in [1.807, 2.05) is 36.4 Å². The van der Waals surface area contributed by atoms with Crippen molar-refractivity contribution < 1.29 is 27.5 Å². The molecule has 2 saturated carbocycles. The van der Waals surface area contributed by atoms with Crippen LogP contribution in [-0.4, -0.2) is 60.1 Å². The number of nitrogens with zero attached hydrogens (tertiary/aromatic N) is 1. The Balaban J connectivity index is 0.971. The molecule has 296 valence electrons. The van der Waals surface area contributed by atoms with Gasteiger partial charge in [0.25, 0.3) is 5.91 Å². The minimum Gasteiger partial charge on any atom is -0.497 e. The van der Waals surface area contributed by atoms with Crippen molar-refractivity contribution in [3.05, 3.63) is 99.9 Å². The fourth-order valence-corrected chi connectivity index (χ4v) is 13.2. The summed E-state index contributed by atoms with van der Waals surface area (Å²) in [6.07, 6.45) is 6.65. The van der Waals surface area contributed by atoms with Crippen LogP contribution in [-0.2, 0) is 33.6 Å². The number of ether oxygens (including phenoxy) is 1. The van der Waals surface area contributed by atoms with E-state index >= 15 is 4.79 Å². The SMILES string of the molecule is COc1ccc(Cn2c3c(c4cc(C(=O)NC5CCS(=O)(=O)C5)ccc42)C(C)(C)CC2(CC2CCc2ccc4[nH]c5c(c4c2)C(C)(C)CC2(CC2)C5=O)C3=O)cc1. The molecule has 0 radical (unpaired) electrons. The maximum Gasteiger partial charge on any atom is 0.251 e. The van der Waals surface area contributed by atoms with Gasteiger partial charge in [-0.25, -0.2) is 8.42 Å². The average Bonchev–Trinajstić information content (AvgIpc) is 3.94. The van der Waals surface area contributed by atoms with Crippen LogP contribution >= 0.6 is 0 Å². The number of ketones is 2. The molecule has 4 aliphatic carbocycles. The summed E-state index contributed by atoms with van der Waals surface area (Å²) in [6.45, 7) is 9.53. The number of carbonyl (C=O) groups excluding carboxylic acids is 3. The van der Waals surface area contributed by atoms with Gasteiger partial charge >= 0.3 is 0 Å². The highest BCUT2D eigenvalue weighted by molar-refractivity contribution is 7.91. The third-order valence-corrected chi connectivity index (χ3v) is 16.2. The third-order valence-electron chi connectivity index (χ3n) is 14.4. The van der Waals surface area contributed by atoms with Crippen molar-refractivity contribution >= 4 is 49.1 Å². The van der Waals surface area contributed by atoms with Gasteiger partial charge in [-0.2, -0.15) is 0 Å². The lowest BCUT2D eigenvalue weighted by Crippen LogP contribution is -2.38. The van der Waals surface area contributed by atoms with E-state index in [1.54, 1.807) is 13.2 Å². The fraction of sp³-hybridized carbons (Fsp3) is 0.468. The molecular formula is C47H51N3O6S. The number of hydrogen-bond acceptors (Lipinski definition) is 6. The maximum absolute atomic E-state index is 15.1. The molecule has 57 heavy (non-hydrogen) atoms. The fourth-order valence-electron chi connectivity index (χ4n) is 11.6. The number of carbonyl (C=O) groups is 3. The molecule has 10 heteroatoms. The number of aryl methyl sites for hydroxylation is 1. The molecule has 1 amide bonds. The molecule has 2 aromatic heterocycles. The molecule has 3 unspecified atom stereocenters. The predicted molar refractivity (Wildman–Crippen MR) is 221 cm³/mol. The summed E-state index contributed by atoms with van der Waals surface area (Å²) in [6, 6.07) is 19.8. The van der Waals surface area contributed by atoms with E-state index in [4.69, 9.17) is 4.74 Å². The van der Waals surface area contributed by atoms with Crippen LogP contribution in [0.3, 0.4) is 0 Å². The van der Waals surface area contributed by atoms with Crippen molar-refractivity contribution in [3.8, 4) is 5.75 Å². The molecule has 1 saturated heterocycles. The van der Waals surface area contributed by atoms with E-state index in [2.05, 4.69) is 60.8 Å². The average molecular weight is 786 g/mol. The molecular weight excluding hydrogens is 735 g/mol. The summed E-state index contributed by atoms with van der Waals surface area (Å²) >= 11 is 0. The van der Waals surface area contributed by atoms with Crippen molar-refractivity contribution in [1.82, 2.24) is 14.9 Å². The van der Waals surface area contributed by atoms with Gasteiger partial charge in [-0.05, 0) is 133 Å². The number of aromatic amines is 1. The van der Waals surface area contributed by atoms with Crippen LogP contribution in [0.25, 0.3) is 21.8 Å². The largest absolute Gasteiger partial charge is 0.497 e. The van der Waals surface area contributed by atoms with E-state index in [0.29, 0.717) is 18.5 Å². The second-order valence-electron chi connectivity index (χ2n) is 19.4. The molecule has 2 spiro atoms. The molecule has 10 rings (SSSR count). The molecule has 3 heterocycles. The van der Waals surface area contributed by atoms with Gasteiger partial charge in [0.05, 0.1) is 30.0 Å². The van der Waals surface area contributed by atoms with Crippen molar-refractivity contribution in [2.24, 2.45) is 16.7 Å². The van der Waals surface area contributed by atoms with Gasteiger partial charge in [-0.15, -0.1) is 0 Å². The molecule has 2 N–H and O–H groups in total. The minimum atomic E-state index is -3.15. The van der Waals surface area contributed by atoms with Crippen LogP contribution in [0.15, 0.2) is 60.7 Å². The van der Waals surface area contributed by atoms with Crippen LogP contribution in [0, 0.1) is 16.7 Å². The van der Waals surface area contributed by atoms with Crippen molar-refractivity contribution in [1.29, 1.82) is 0 Å². The third kappa shape index (κ3) is 5.75. The van der Waals surface area contributed by atoms with E-state index in [9.17, 15) is 18.0 Å². The highest BCUT2D eigenvalue weighted by Crippen LogP contribution is 2.66. The number of methoxy groups -OCH3 is 1. The van der Waals surface area contributed by atoms with Gasteiger partial charge in [0.1, 0.15) is 5.75 Å². The normalized spacial score (nSPS) is 25.8. The summed E-state index contributed by atoms with van der Waals surface area (Å²) in [5, 5.41) is 5.01. The highest BCUT2D eigenvalue weighted by Gasteiger charge is 2.64. The Labute approximate surface area is 333 Å². The van der Waals surface area contributed by atoms with E-state index < -0.39 is 21.3 Å². The molecule has 9 nitrogen and oxygen atoms in total. The molecule has 3 atom stereocenters. The van der Waals surface area contributed by atoms with Crippen molar-refractivity contribution in [2.75, 3.05) is 18.6 Å². The van der Waals surface area contributed by atoms with Gasteiger partial charge in [0, 0.05) is 50.8 Å². The first-order valence-electron chi connectivity index (χ1n) is 20.6. The topological polar surface area (TPSA) is 127 Å². The van der Waals surface area contributed by atoms with Gasteiger partial charge < -0.3 is 19.6 Å². The Kier molecular flexibility index (Phi) is 7.82. The number of rotatable bonds is 8. The van der Waals surface area contributed by atoms with Gasteiger partial charge in [0.15, 0.2) is 21.4 Å². The zero-order valence-electron chi connectivity index (χ0n) is 33.5. The molecule has 3 aromatic carbocycles. The zero-order valence-corrected chi connectivity index (χ0v) is 34.3. The van der Waals surface area contributed by atoms with E-state index in [1.165, 1.54) is 11.1 Å². The quantitative estimate of drug-likeness (QED) is 0.163. The summed E-state index contributed by atoms with van der Waals surface area (Å²) < 4.78 is 31.8. The Morgan fingerprint density at radius 1 is 0.895 bits per heavy atom. The lowest BCUT2D eigenvalue weighted by atomic mass is 9.66. The number of benzene rings is 3. The Morgan fingerprint density at radius 3 is 2.33 bits per heavy atom. The number of nitrogens with one attached hydrogen (secondary N) is 2. The first-order chi connectivity index (χ1) is 27.0. The Bertz CT molecular complexity index is 2680. The van der Waals surface area contributed by atoms with Gasteiger partial charge in [-0.3, -0.25) is 14.4 Å². The van der Waals surface area contributed by atoms with Crippen molar-refractivity contribution in [2.45, 2.75) is 102 Å². The lowest BCUT2D eigenvalue weighted by Gasteiger charge is -2.37. The van der Waals surface area contributed by atoms with Crippen LogP contribution in [0.4, 0.5) is 0 Å². The number of H-pyrrole nitrogens is 1. The lowest BCUT2D eigenvalue weighted by molar-refractivity contribution is 0.0816.